The van der Waals surface area contributed by atoms with Crippen molar-refractivity contribution in [1.29, 1.82) is 0 Å². The van der Waals surface area contributed by atoms with E-state index in [4.69, 9.17) is 0 Å². The first-order valence-electron chi connectivity index (χ1n) is 10.2. The third kappa shape index (κ3) is 4.40. The Balaban J connectivity index is 1.39. The zero-order chi connectivity index (χ0) is 20.2. The molecule has 2 heterocycles. The molecule has 1 aromatic heterocycles. The number of piperidine rings is 1. The molecule has 4 rings (SSSR count). The number of benzene rings is 2. The molecule has 2 atom stereocenters. The average Bonchev–Trinajstić information content (AvgIpc) is 2.74. The highest BCUT2D eigenvalue weighted by Crippen LogP contribution is 2.25. The average molecular weight is 389 g/mol. The largest absolute Gasteiger partial charge is 0.324 e. The van der Waals surface area contributed by atoms with E-state index in [1.807, 2.05) is 42.4 Å². The van der Waals surface area contributed by atoms with E-state index in [9.17, 15) is 4.79 Å². The van der Waals surface area contributed by atoms with Crippen molar-refractivity contribution < 1.29 is 4.79 Å². The minimum atomic E-state index is -0.0531. The van der Waals surface area contributed by atoms with Crippen LogP contribution in [0.25, 0.3) is 10.8 Å². The highest BCUT2D eigenvalue weighted by Gasteiger charge is 2.31. The second kappa shape index (κ2) is 8.62. The number of nitrogens with zero attached hydrogens (tertiary/aromatic N) is 3. The van der Waals surface area contributed by atoms with Crippen molar-refractivity contribution in [2.24, 2.45) is 5.92 Å². The Morgan fingerprint density at radius 2 is 2.00 bits per heavy atom. The third-order valence-corrected chi connectivity index (χ3v) is 5.93. The normalized spacial score (nSPS) is 19.8. The van der Waals surface area contributed by atoms with Gasteiger partial charge in [0.15, 0.2) is 0 Å². The Bertz CT molecular complexity index is 970. The van der Waals surface area contributed by atoms with E-state index in [0.29, 0.717) is 5.92 Å². The standard InChI is InChI=1S/C24H28N4O/c1-18-16-28(17-19-7-4-3-5-8-19)14-12-23(18)27(2)24(29)26-22-10-6-9-20-15-25-13-11-21(20)22/h3-11,13,15,18,23H,12,14,16-17H2,1-2H3,(H,26,29)/t18-,23-/m0/s1. The lowest BCUT2D eigenvalue weighted by Crippen LogP contribution is -2.51. The molecule has 5 heteroatoms. The molecule has 0 radical (unpaired) electrons. The van der Waals surface area contributed by atoms with E-state index < -0.39 is 0 Å². The molecule has 0 bridgehead atoms. The summed E-state index contributed by atoms with van der Waals surface area (Å²) in [5.74, 6) is 0.417. The summed E-state index contributed by atoms with van der Waals surface area (Å²) < 4.78 is 0. The number of carbonyl (C=O) groups is 1. The fraction of sp³-hybridized carbons (Fsp3) is 0.333. The maximum absolute atomic E-state index is 13.0. The van der Waals surface area contributed by atoms with Crippen LogP contribution in [0.15, 0.2) is 67.0 Å². The van der Waals surface area contributed by atoms with Gasteiger partial charge in [0, 0.05) is 55.9 Å². The van der Waals surface area contributed by atoms with Crippen LogP contribution in [0.3, 0.4) is 0 Å². The maximum atomic E-state index is 13.0. The molecule has 1 N–H and O–H groups in total. The van der Waals surface area contributed by atoms with Crippen LogP contribution >= 0.6 is 0 Å². The highest BCUT2D eigenvalue weighted by atomic mass is 16.2. The van der Waals surface area contributed by atoms with Gasteiger partial charge in [0.2, 0.25) is 0 Å². The fourth-order valence-corrected chi connectivity index (χ4v) is 4.37. The van der Waals surface area contributed by atoms with E-state index in [-0.39, 0.29) is 12.1 Å². The second-order valence-corrected chi connectivity index (χ2v) is 8.00. The lowest BCUT2D eigenvalue weighted by atomic mass is 9.92. The topological polar surface area (TPSA) is 48.5 Å². The molecule has 2 aromatic carbocycles. The van der Waals surface area contributed by atoms with E-state index in [0.717, 1.165) is 42.5 Å². The Labute approximate surface area is 172 Å². The molecule has 1 saturated heterocycles. The number of fused-ring (bicyclic) bond motifs is 1. The molecule has 1 fully saturated rings. The summed E-state index contributed by atoms with van der Waals surface area (Å²) in [6.45, 7) is 5.21. The molecule has 29 heavy (non-hydrogen) atoms. The van der Waals surface area contributed by atoms with Crippen LogP contribution in [0.2, 0.25) is 0 Å². The molecule has 150 valence electrons. The number of amides is 2. The fourth-order valence-electron chi connectivity index (χ4n) is 4.37. The zero-order valence-electron chi connectivity index (χ0n) is 17.1. The van der Waals surface area contributed by atoms with E-state index in [1.54, 1.807) is 6.20 Å². The van der Waals surface area contributed by atoms with Crippen molar-refractivity contribution in [2.75, 3.05) is 25.5 Å². The van der Waals surface area contributed by atoms with Crippen molar-refractivity contribution in [1.82, 2.24) is 14.8 Å². The van der Waals surface area contributed by atoms with Crippen LogP contribution in [0, 0.1) is 5.92 Å². The summed E-state index contributed by atoms with van der Waals surface area (Å²) in [4.78, 5) is 21.5. The van der Waals surface area contributed by atoms with Gasteiger partial charge in [-0.3, -0.25) is 9.88 Å². The van der Waals surface area contributed by atoms with Crippen molar-refractivity contribution in [3.05, 3.63) is 72.6 Å². The summed E-state index contributed by atoms with van der Waals surface area (Å²) in [5, 5.41) is 5.13. The molecular formula is C24H28N4O. The van der Waals surface area contributed by atoms with Crippen molar-refractivity contribution in [2.45, 2.75) is 25.9 Å². The number of carbonyl (C=O) groups excluding carboxylic acids is 1. The van der Waals surface area contributed by atoms with Gasteiger partial charge in [-0.1, -0.05) is 49.4 Å². The summed E-state index contributed by atoms with van der Waals surface area (Å²) in [7, 11) is 1.91. The van der Waals surface area contributed by atoms with E-state index >= 15 is 0 Å². The first-order valence-corrected chi connectivity index (χ1v) is 10.2. The van der Waals surface area contributed by atoms with Gasteiger partial charge in [-0.25, -0.2) is 4.79 Å². The van der Waals surface area contributed by atoms with Gasteiger partial charge in [0.05, 0.1) is 5.69 Å². The quantitative estimate of drug-likeness (QED) is 0.710. The van der Waals surface area contributed by atoms with Gasteiger partial charge in [0.25, 0.3) is 0 Å². The summed E-state index contributed by atoms with van der Waals surface area (Å²) in [5.41, 5.74) is 2.17. The number of urea groups is 1. The Hall–Kier alpha value is -2.92. The van der Waals surface area contributed by atoms with Crippen molar-refractivity contribution >= 4 is 22.5 Å². The van der Waals surface area contributed by atoms with Gasteiger partial charge < -0.3 is 10.2 Å². The Morgan fingerprint density at radius 1 is 1.17 bits per heavy atom. The predicted octanol–water partition coefficient (Wildman–Crippen LogP) is 4.61. The molecule has 0 spiro atoms. The molecule has 1 aliphatic heterocycles. The minimum absolute atomic E-state index is 0.0531. The first kappa shape index (κ1) is 19.4. The van der Waals surface area contributed by atoms with Crippen LogP contribution in [0.4, 0.5) is 10.5 Å². The SMILES string of the molecule is C[C@H]1CN(Cc2ccccc2)CC[C@@H]1N(C)C(=O)Nc1cccc2cnccc12. The third-order valence-electron chi connectivity index (χ3n) is 5.93. The number of rotatable bonds is 4. The molecule has 0 aliphatic carbocycles. The number of aromatic nitrogens is 1. The molecule has 0 unspecified atom stereocenters. The van der Waals surface area contributed by atoms with E-state index in [1.165, 1.54) is 5.56 Å². The van der Waals surface area contributed by atoms with Gasteiger partial charge >= 0.3 is 6.03 Å². The lowest BCUT2D eigenvalue weighted by Gasteiger charge is -2.41. The zero-order valence-corrected chi connectivity index (χ0v) is 17.1. The number of hydrogen-bond acceptors (Lipinski definition) is 3. The molecule has 1 aliphatic rings. The second-order valence-electron chi connectivity index (χ2n) is 8.00. The predicted molar refractivity (Wildman–Crippen MR) is 118 cm³/mol. The van der Waals surface area contributed by atoms with Crippen LogP contribution in [0.1, 0.15) is 18.9 Å². The van der Waals surface area contributed by atoms with Crippen LogP contribution in [-0.2, 0) is 6.54 Å². The number of nitrogens with one attached hydrogen (secondary N) is 1. The van der Waals surface area contributed by atoms with Gasteiger partial charge in [-0.05, 0) is 30.0 Å². The lowest BCUT2D eigenvalue weighted by molar-refractivity contribution is 0.0933. The molecule has 2 amide bonds. The molecule has 3 aromatic rings. The van der Waals surface area contributed by atoms with E-state index in [2.05, 4.69) is 52.5 Å². The number of anilines is 1. The molecular weight excluding hydrogens is 360 g/mol. The number of pyridine rings is 1. The van der Waals surface area contributed by atoms with Crippen LogP contribution < -0.4 is 5.32 Å². The summed E-state index contributed by atoms with van der Waals surface area (Å²) in [6, 6.07) is 18.6. The van der Waals surface area contributed by atoms with Gasteiger partial charge in [-0.15, -0.1) is 0 Å². The smallest absolute Gasteiger partial charge is 0.321 e. The maximum Gasteiger partial charge on any atom is 0.321 e. The van der Waals surface area contributed by atoms with Gasteiger partial charge in [-0.2, -0.15) is 0 Å². The van der Waals surface area contributed by atoms with Crippen molar-refractivity contribution in [3.8, 4) is 0 Å². The first-order chi connectivity index (χ1) is 14.1. The summed E-state index contributed by atoms with van der Waals surface area (Å²) >= 11 is 0. The van der Waals surface area contributed by atoms with Crippen LogP contribution in [-0.4, -0.2) is 47.0 Å². The van der Waals surface area contributed by atoms with Crippen molar-refractivity contribution in [3.63, 3.8) is 0 Å². The highest BCUT2D eigenvalue weighted by molar-refractivity contribution is 6.01. The monoisotopic (exact) mass is 388 g/mol. The summed E-state index contributed by atoms with van der Waals surface area (Å²) in [6.07, 6.45) is 4.56. The Kier molecular flexibility index (Phi) is 5.76. The molecule has 5 nitrogen and oxygen atoms in total. The molecule has 0 saturated carbocycles. The van der Waals surface area contributed by atoms with Crippen LogP contribution in [0.5, 0.6) is 0 Å². The number of likely N-dealkylation sites (tertiary alicyclic amines) is 1. The minimum Gasteiger partial charge on any atom is -0.324 e. The Morgan fingerprint density at radius 3 is 2.79 bits per heavy atom. The van der Waals surface area contributed by atoms with Gasteiger partial charge in [0.1, 0.15) is 0 Å². The number of hydrogen-bond donors (Lipinski definition) is 1.